The van der Waals surface area contributed by atoms with Crippen LogP contribution in [0, 0.1) is 0 Å². The Bertz CT molecular complexity index is 365. The summed E-state index contributed by atoms with van der Waals surface area (Å²) in [5, 5.41) is 5.95. The van der Waals surface area contributed by atoms with Crippen LogP contribution in [0.1, 0.15) is 24.2 Å². The number of aromatic amines is 1. The first-order valence-corrected chi connectivity index (χ1v) is 4.52. The molecule has 1 atom stereocenters. The van der Waals surface area contributed by atoms with Crippen molar-refractivity contribution in [3.63, 3.8) is 0 Å². The van der Waals surface area contributed by atoms with Crippen LogP contribution in [0.25, 0.3) is 0 Å². The van der Waals surface area contributed by atoms with Crippen molar-refractivity contribution in [3.05, 3.63) is 21.6 Å². The highest BCUT2D eigenvalue weighted by molar-refractivity contribution is 5.24. The predicted octanol–water partition coefficient (Wildman–Crippen LogP) is -0.701. The second kappa shape index (κ2) is 3.01. The van der Waals surface area contributed by atoms with Crippen LogP contribution >= 0.6 is 0 Å². The summed E-state index contributed by atoms with van der Waals surface area (Å²) in [6.07, 6.45) is 0. The first-order valence-electron chi connectivity index (χ1n) is 4.52. The van der Waals surface area contributed by atoms with Crippen LogP contribution in [0.3, 0.4) is 0 Å². The van der Waals surface area contributed by atoms with Gasteiger partial charge in [-0.15, -0.1) is 0 Å². The van der Waals surface area contributed by atoms with Gasteiger partial charge in [0.1, 0.15) is 0 Å². The van der Waals surface area contributed by atoms with E-state index in [2.05, 4.69) is 10.4 Å². The first kappa shape index (κ1) is 8.52. The van der Waals surface area contributed by atoms with Gasteiger partial charge in [0.05, 0.1) is 11.3 Å². The summed E-state index contributed by atoms with van der Waals surface area (Å²) in [7, 11) is 0. The highest BCUT2D eigenvalue weighted by Crippen LogP contribution is 2.15. The van der Waals surface area contributed by atoms with Crippen molar-refractivity contribution in [1.82, 2.24) is 15.1 Å². The molecule has 0 spiro atoms. The van der Waals surface area contributed by atoms with E-state index in [9.17, 15) is 4.79 Å². The minimum atomic E-state index is -0.166. The fourth-order valence-corrected chi connectivity index (χ4v) is 1.82. The van der Waals surface area contributed by atoms with E-state index in [1.807, 2.05) is 11.6 Å². The normalized spacial score (nSPS) is 21.5. The van der Waals surface area contributed by atoms with Gasteiger partial charge < -0.3 is 11.1 Å². The second-order valence-corrected chi connectivity index (χ2v) is 3.28. The Morgan fingerprint density at radius 3 is 3.15 bits per heavy atom. The molecule has 0 aliphatic carbocycles. The van der Waals surface area contributed by atoms with Crippen molar-refractivity contribution in [3.8, 4) is 0 Å². The Labute approximate surface area is 75.9 Å². The van der Waals surface area contributed by atoms with Gasteiger partial charge in [-0.05, 0) is 6.92 Å². The Kier molecular flexibility index (Phi) is 1.97. The van der Waals surface area contributed by atoms with Crippen molar-refractivity contribution < 1.29 is 0 Å². The molecule has 1 aromatic rings. The van der Waals surface area contributed by atoms with Gasteiger partial charge in [-0.2, -0.15) is 0 Å². The SMILES string of the molecule is CCn1[nH]c(=O)c2c1CNC[C@H]2N. The number of hydrogen-bond acceptors (Lipinski definition) is 3. The van der Waals surface area contributed by atoms with Gasteiger partial charge in [-0.3, -0.25) is 14.6 Å². The molecule has 0 bridgehead atoms. The molecule has 0 amide bonds. The van der Waals surface area contributed by atoms with Gasteiger partial charge >= 0.3 is 0 Å². The molecule has 1 aromatic heterocycles. The molecule has 72 valence electrons. The van der Waals surface area contributed by atoms with Gasteiger partial charge in [0, 0.05) is 25.7 Å². The third-order valence-electron chi connectivity index (χ3n) is 2.46. The van der Waals surface area contributed by atoms with Crippen LogP contribution in [-0.4, -0.2) is 16.3 Å². The Morgan fingerprint density at radius 2 is 2.46 bits per heavy atom. The molecule has 0 radical (unpaired) electrons. The molecule has 13 heavy (non-hydrogen) atoms. The molecule has 0 saturated carbocycles. The van der Waals surface area contributed by atoms with Crippen LogP contribution in [0.5, 0.6) is 0 Å². The predicted molar refractivity (Wildman–Crippen MR) is 49.4 cm³/mol. The van der Waals surface area contributed by atoms with Crippen LogP contribution in [0.4, 0.5) is 0 Å². The number of fused-ring (bicyclic) bond motifs is 1. The van der Waals surface area contributed by atoms with Crippen LogP contribution in [0.2, 0.25) is 0 Å². The van der Waals surface area contributed by atoms with E-state index in [0.717, 1.165) is 24.3 Å². The highest BCUT2D eigenvalue weighted by atomic mass is 16.1. The standard InChI is InChI=1S/C8H14N4O/c1-2-12-6-4-10-3-5(9)7(6)8(13)11-12/h5,10H,2-4,9H2,1H3,(H,11,13)/t5-/m1/s1. The topological polar surface area (TPSA) is 75.8 Å². The zero-order chi connectivity index (χ0) is 9.42. The molecular weight excluding hydrogens is 168 g/mol. The number of aromatic nitrogens is 2. The molecule has 5 heteroatoms. The van der Waals surface area contributed by atoms with Gasteiger partial charge in [0.25, 0.3) is 5.56 Å². The van der Waals surface area contributed by atoms with Crippen molar-refractivity contribution in [2.45, 2.75) is 26.1 Å². The van der Waals surface area contributed by atoms with Gasteiger partial charge in [0.15, 0.2) is 0 Å². The number of hydrogen-bond donors (Lipinski definition) is 3. The van der Waals surface area contributed by atoms with Gasteiger partial charge in [0.2, 0.25) is 0 Å². The Hall–Kier alpha value is -1.07. The fraction of sp³-hybridized carbons (Fsp3) is 0.625. The van der Waals surface area contributed by atoms with Crippen LogP contribution in [-0.2, 0) is 13.1 Å². The molecule has 4 N–H and O–H groups in total. The Morgan fingerprint density at radius 1 is 1.69 bits per heavy atom. The number of nitrogens with one attached hydrogen (secondary N) is 2. The molecule has 0 fully saturated rings. The summed E-state index contributed by atoms with van der Waals surface area (Å²) in [5.74, 6) is 0. The van der Waals surface area contributed by atoms with Crippen molar-refractivity contribution in [2.75, 3.05) is 6.54 Å². The molecule has 2 rings (SSSR count). The molecule has 0 aromatic carbocycles. The van der Waals surface area contributed by atoms with E-state index in [-0.39, 0.29) is 11.6 Å². The summed E-state index contributed by atoms with van der Waals surface area (Å²) in [6.45, 7) is 4.19. The van der Waals surface area contributed by atoms with E-state index < -0.39 is 0 Å². The van der Waals surface area contributed by atoms with E-state index >= 15 is 0 Å². The van der Waals surface area contributed by atoms with E-state index in [4.69, 9.17) is 5.73 Å². The fourth-order valence-electron chi connectivity index (χ4n) is 1.82. The number of nitrogens with two attached hydrogens (primary N) is 1. The molecule has 2 heterocycles. The second-order valence-electron chi connectivity index (χ2n) is 3.28. The molecular formula is C8H14N4O. The lowest BCUT2D eigenvalue weighted by Gasteiger charge is -2.19. The Balaban J connectivity index is 2.57. The smallest absolute Gasteiger partial charge is 0.269 e. The van der Waals surface area contributed by atoms with Crippen molar-refractivity contribution >= 4 is 0 Å². The van der Waals surface area contributed by atoms with Gasteiger partial charge in [-0.25, -0.2) is 0 Å². The lowest BCUT2D eigenvalue weighted by molar-refractivity contribution is 0.515. The van der Waals surface area contributed by atoms with Crippen LogP contribution < -0.4 is 16.6 Å². The van der Waals surface area contributed by atoms with Gasteiger partial charge in [-0.1, -0.05) is 0 Å². The maximum atomic E-state index is 11.5. The summed E-state index contributed by atoms with van der Waals surface area (Å²) >= 11 is 0. The third kappa shape index (κ3) is 1.20. The quantitative estimate of drug-likeness (QED) is 0.537. The van der Waals surface area contributed by atoms with Crippen LogP contribution in [0.15, 0.2) is 4.79 Å². The summed E-state index contributed by atoms with van der Waals surface area (Å²) in [6, 6.07) is -0.166. The average Bonchev–Trinajstić information content (AvgIpc) is 2.44. The minimum absolute atomic E-state index is 0.0362. The van der Waals surface area contributed by atoms with E-state index in [1.165, 1.54) is 0 Å². The third-order valence-corrected chi connectivity index (χ3v) is 2.46. The minimum Gasteiger partial charge on any atom is -0.323 e. The number of nitrogens with zero attached hydrogens (tertiary/aromatic N) is 1. The summed E-state index contributed by atoms with van der Waals surface area (Å²) in [5.41, 5.74) is 7.54. The maximum absolute atomic E-state index is 11.5. The lowest BCUT2D eigenvalue weighted by atomic mass is 10.1. The lowest BCUT2D eigenvalue weighted by Crippen LogP contribution is -2.35. The number of aryl methyl sites for hydroxylation is 1. The van der Waals surface area contributed by atoms with Crippen molar-refractivity contribution in [1.29, 1.82) is 0 Å². The highest BCUT2D eigenvalue weighted by Gasteiger charge is 2.23. The van der Waals surface area contributed by atoms with Crippen molar-refractivity contribution in [2.24, 2.45) is 5.73 Å². The number of rotatable bonds is 1. The average molecular weight is 182 g/mol. The van der Waals surface area contributed by atoms with E-state index in [1.54, 1.807) is 0 Å². The first-order chi connectivity index (χ1) is 6.24. The molecule has 5 nitrogen and oxygen atoms in total. The zero-order valence-corrected chi connectivity index (χ0v) is 7.63. The zero-order valence-electron chi connectivity index (χ0n) is 7.63. The number of H-pyrrole nitrogens is 1. The molecule has 0 unspecified atom stereocenters. The largest absolute Gasteiger partial charge is 0.323 e. The molecule has 0 saturated heterocycles. The summed E-state index contributed by atoms with van der Waals surface area (Å²) < 4.78 is 1.85. The van der Waals surface area contributed by atoms with E-state index in [0.29, 0.717) is 6.54 Å². The summed E-state index contributed by atoms with van der Waals surface area (Å²) in [4.78, 5) is 11.5. The monoisotopic (exact) mass is 182 g/mol. The maximum Gasteiger partial charge on any atom is 0.269 e. The molecule has 1 aliphatic rings. The molecule has 1 aliphatic heterocycles.